The lowest BCUT2D eigenvalue weighted by atomic mass is 10.1. The highest BCUT2D eigenvalue weighted by molar-refractivity contribution is 5.92. The van der Waals surface area contributed by atoms with E-state index in [1.54, 1.807) is 34.8 Å². The fourth-order valence-electron chi connectivity index (χ4n) is 3.70. The van der Waals surface area contributed by atoms with E-state index in [0.717, 1.165) is 11.1 Å². The third kappa shape index (κ3) is 4.99. The summed E-state index contributed by atoms with van der Waals surface area (Å²) in [4.78, 5) is 16.8. The largest absolute Gasteiger partial charge is 0.326 e. The summed E-state index contributed by atoms with van der Waals surface area (Å²) in [6, 6.07) is 26.5. The number of fused-ring (bicyclic) bond motifs is 1. The molecule has 0 aliphatic carbocycles. The Balaban J connectivity index is 1.29. The maximum Gasteiger partial charge on any atom is 0.247 e. The third-order valence-corrected chi connectivity index (χ3v) is 5.38. The molecule has 0 aliphatic heterocycles. The lowest BCUT2D eigenvalue weighted by molar-refractivity contribution is -0.115. The van der Waals surface area contributed by atoms with Crippen molar-refractivity contribution < 1.29 is 9.18 Å². The zero-order valence-corrected chi connectivity index (χ0v) is 18.4. The van der Waals surface area contributed by atoms with Crippen molar-refractivity contribution in [3.05, 3.63) is 108 Å². The highest BCUT2D eigenvalue weighted by Gasteiger charge is 2.09. The van der Waals surface area contributed by atoms with Crippen molar-refractivity contribution in [1.29, 1.82) is 5.26 Å². The van der Waals surface area contributed by atoms with Crippen LogP contribution >= 0.6 is 0 Å². The summed E-state index contributed by atoms with van der Waals surface area (Å²) >= 11 is 0. The maximum atomic E-state index is 13.3. The quantitative estimate of drug-likeness (QED) is 0.356. The monoisotopic (exact) mass is 462 g/mol. The van der Waals surface area contributed by atoms with Crippen molar-refractivity contribution in [3.8, 4) is 17.2 Å². The van der Waals surface area contributed by atoms with Crippen LogP contribution in [-0.4, -0.2) is 20.5 Å². The molecule has 0 fully saturated rings. The second-order valence-electron chi connectivity index (χ2n) is 7.87. The number of pyridine rings is 1. The van der Waals surface area contributed by atoms with Crippen molar-refractivity contribution in [3.63, 3.8) is 0 Å². The van der Waals surface area contributed by atoms with Crippen LogP contribution in [-0.2, 0) is 11.2 Å². The number of halogens is 1. The molecule has 35 heavy (non-hydrogen) atoms. The summed E-state index contributed by atoms with van der Waals surface area (Å²) in [6.45, 7) is 0. The zero-order chi connectivity index (χ0) is 24.2. The predicted octanol–water partition coefficient (Wildman–Crippen LogP) is 5.33. The van der Waals surface area contributed by atoms with Gasteiger partial charge in [-0.05, 0) is 59.7 Å². The van der Waals surface area contributed by atoms with Crippen LogP contribution in [0.4, 0.5) is 21.7 Å². The van der Waals surface area contributed by atoms with E-state index in [1.165, 1.54) is 12.1 Å². The summed E-state index contributed by atoms with van der Waals surface area (Å²) < 4.78 is 15.0. The number of hydrogen-bond donors (Lipinski definition) is 2. The first-order valence-electron chi connectivity index (χ1n) is 10.8. The first-order chi connectivity index (χ1) is 17.1. The minimum absolute atomic E-state index is 0.0949. The van der Waals surface area contributed by atoms with E-state index in [1.807, 2.05) is 48.7 Å². The van der Waals surface area contributed by atoms with E-state index in [0.29, 0.717) is 34.1 Å². The number of nitrogens with one attached hydrogen (secondary N) is 2. The van der Waals surface area contributed by atoms with Crippen molar-refractivity contribution in [2.24, 2.45) is 0 Å². The number of para-hydroxylation sites is 1. The Morgan fingerprint density at radius 1 is 0.971 bits per heavy atom. The van der Waals surface area contributed by atoms with E-state index < -0.39 is 0 Å². The van der Waals surface area contributed by atoms with Gasteiger partial charge in [-0.15, -0.1) is 5.10 Å². The Labute approximate surface area is 200 Å². The van der Waals surface area contributed by atoms with E-state index in [-0.39, 0.29) is 18.1 Å². The molecule has 0 aliphatic rings. The molecule has 2 aromatic heterocycles. The first kappa shape index (κ1) is 21.8. The number of anilines is 3. The smallest absolute Gasteiger partial charge is 0.247 e. The summed E-state index contributed by atoms with van der Waals surface area (Å²) in [5.41, 5.74) is 4.94. The molecule has 7 nitrogen and oxygen atoms in total. The van der Waals surface area contributed by atoms with E-state index >= 15 is 0 Å². The van der Waals surface area contributed by atoms with Crippen LogP contribution in [0.1, 0.15) is 11.1 Å². The number of rotatable bonds is 6. The summed E-state index contributed by atoms with van der Waals surface area (Å²) in [7, 11) is 0. The van der Waals surface area contributed by atoms with Crippen LogP contribution in [0.25, 0.3) is 16.8 Å². The average Bonchev–Trinajstić information content (AvgIpc) is 3.26. The Hall–Kier alpha value is -5.03. The molecule has 0 saturated heterocycles. The van der Waals surface area contributed by atoms with Gasteiger partial charge in [0.05, 0.1) is 17.7 Å². The highest BCUT2D eigenvalue weighted by atomic mass is 19.1. The molecule has 0 unspecified atom stereocenters. The van der Waals surface area contributed by atoms with Gasteiger partial charge in [-0.1, -0.05) is 36.4 Å². The van der Waals surface area contributed by atoms with Crippen LogP contribution < -0.4 is 10.6 Å². The Morgan fingerprint density at radius 3 is 2.57 bits per heavy atom. The maximum absolute atomic E-state index is 13.3. The minimum Gasteiger partial charge on any atom is -0.326 e. The number of nitriles is 1. The van der Waals surface area contributed by atoms with Crippen molar-refractivity contribution >= 4 is 28.9 Å². The molecule has 5 aromatic rings. The van der Waals surface area contributed by atoms with Crippen LogP contribution in [0.3, 0.4) is 0 Å². The molecule has 5 rings (SSSR count). The van der Waals surface area contributed by atoms with Gasteiger partial charge < -0.3 is 10.6 Å². The van der Waals surface area contributed by atoms with Crippen molar-refractivity contribution in [2.75, 3.05) is 10.6 Å². The van der Waals surface area contributed by atoms with Crippen molar-refractivity contribution in [2.45, 2.75) is 6.42 Å². The van der Waals surface area contributed by atoms with Gasteiger partial charge in [0.15, 0.2) is 5.65 Å². The lowest BCUT2D eigenvalue weighted by Crippen LogP contribution is -2.14. The first-order valence-corrected chi connectivity index (χ1v) is 10.8. The molecule has 0 saturated carbocycles. The number of hydrogen-bond acceptors (Lipinski definition) is 5. The molecule has 0 bridgehead atoms. The molecular weight excluding hydrogens is 443 g/mol. The fourth-order valence-corrected chi connectivity index (χ4v) is 3.70. The van der Waals surface area contributed by atoms with Gasteiger partial charge in [0.25, 0.3) is 0 Å². The standard InChI is InChI=1S/C27H19FN6O/c28-22-6-3-4-18(14-22)15-26(35)30-23-11-8-19(9-12-23)21-10-13-25-32-27(33-34(25)17-21)31-24-7-2-1-5-20(24)16-29/h1-14,17H,15H2,(H,30,35)(H,31,33). The van der Waals surface area contributed by atoms with Gasteiger partial charge in [-0.2, -0.15) is 10.2 Å². The van der Waals surface area contributed by atoms with Crippen molar-refractivity contribution in [1.82, 2.24) is 14.6 Å². The number of aromatic nitrogens is 3. The molecule has 0 atom stereocenters. The molecule has 8 heteroatoms. The van der Waals surface area contributed by atoms with E-state index in [4.69, 9.17) is 0 Å². The highest BCUT2D eigenvalue weighted by Crippen LogP contribution is 2.23. The molecule has 170 valence electrons. The summed E-state index contributed by atoms with van der Waals surface area (Å²) in [5, 5.41) is 19.7. The van der Waals surface area contributed by atoms with Gasteiger partial charge in [-0.3, -0.25) is 4.79 Å². The van der Waals surface area contributed by atoms with Gasteiger partial charge in [-0.25, -0.2) is 8.91 Å². The van der Waals surface area contributed by atoms with E-state index in [2.05, 4.69) is 26.8 Å². The van der Waals surface area contributed by atoms with Gasteiger partial charge in [0.1, 0.15) is 11.9 Å². The number of amides is 1. The molecule has 2 N–H and O–H groups in total. The van der Waals surface area contributed by atoms with Crippen LogP contribution in [0.5, 0.6) is 0 Å². The van der Waals surface area contributed by atoms with Gasteiger partial charge in [0.2, 0.25) is 11.9 Å². The molecule has 2 heterocycles. The second kappa shape index (κ2) is 9.45. The number of benzene rings is 3. The van der Waals surface area contributed by atoms with Gasteiger partial charge >= 0.3 is 0 Å². The Morgan fingerprint density at radius 2 is 1.77 bits per heavy atom. The minimum atomic E-state index is -0.362. The average molecular weight is 462 g/mol. The Bertz CT molecular complexity index is 1570. The number of nitrogens with zero attached hydrogens (tertiary/aromatic N) is 4. The molecule has 0 radical (unpaired) electrons. The predicted molar refractivity (Wildman–Crippen MR) is 132 cm³/mol. The third-order valence-electron chi connectivity index (χ3n) is 5.38. The molecular formula is C27H19FN6O. The SMILES string of the molecule is N#Cc1ccccc1Nc1nc2ccc(-c3ccc(NC(=O)Cc4cccc(F)c4)cc3)cn2n1. The van der Waals surface area contributed by atoms with Crippen LogP contribution in [0.2, 0.25) is 0 Å². The second-order valence-corrected chi connectivity index (χ2v) is 7.87. The summed E-state index contributed by atoms with van der Waals surface area (Å²) in [5.74, 6) is -0.189. The Kier molecular flexibility index (Phi) is 5.89. The summed E-state index contributed by atoms with van der Waals surface area (Å²) in [6.07, 6.45) is 1.96. The number of carbonyl (C=O) groups is 1. The van der Waals surface area contributed by atoms with Crippen LogP contribution in [0, 0.1) is 17.1 Å². The van der Waals surface area contributed by atoms with Crippen LogP contribution in [0.15, 0.2) is 91.1 Å². The van der Waals surface area contributed by atoms with E-state index in [9.17, 15) is 14.4 Å². The normalized spacial score (nSPS) is 10.6. The molecule has 0 spiro atoms. The lowest BCUT2D eigenvalue weighted by Gasteiger charge is -2.07. The molecule has 1 amide bonds. The zero-order valence-electron chi connectivity index (χ0n) is 18.4. The molecule has 3 aromatic carbocycles. The number of carbonyl (C=O) groups excluding carboxylic acids is 1. The topological polar surface area (TPSA) is 95.1 Å². The fraction of sp³-hybridized carbons (Fsp3) is 0.0370. The van der Waals surface area contributed by atoms with Gasteiger partial charge in [0, 0.05) is 17.4 Å².